The topological polar surface area (TPSA) is 152 Å². The lowest BCUT2D eigenvalue weighted by molar-refractivity contribution is -0.305. The van der Waals surface area contributed by atoms with Crippen LogP contribution in [0.4, 0.5) is 0 Å². The predicted octanol–water partition coefficient (Wildman–Crippen LogP) is 9.00. The molecule has 6 atom stereocenters. The van der Waals surface area contributed by atoms with Crippen LogP contribution in [0.5, 0.6) is 0 Å². The van der Waals surface area contributed by atoms with E-state index in [9.17, 15) is 30.0 Å². The van der Waals surface area contributed by atoms with Crippen LogP contribution in [0.25, 0.3) is 0 Å². The molecule has 1 rings (SSSR count). The molecule has 0 aromatic carbocycles. The Labute approximate surface area is 323 Å². The third kappa shape index (κ3) is 27.0. The van der Waals surface area contributed by atoms with E-state index in [-0.39, 0.29) is 32.0 Å². The number of unbranched alkanes of at least 4 members (excludes halogenated alkanes) is 26. The van der Waals surface area contributed by atoms with Crippen LogP contribution in [0.2, 0.25) is 0 Å². The standard InChI is InChI=1S/C43H82O10/c1-3-5-7-9-11-13-15-16-17-18-19-20-22-24-26-28-30-32-39(46)52-36(35-51-43-42(49)41(48)40(47)37(33-44)53-43)34-50-38(45)31-29-27-25-23-21-14-12-10-8-6-4-2/h36-37,40-44,47-49H,3-35H2,1-2H3/t36-,37-,40+,41?,42?,43-/m1/s1. The highest BCUT2D eigenvalue weighted by molar-refractivity contribution is 5.70. The van der Waals surface area contributed by atoms with Gasteiger partial charge in [-0.05, 0) is 12.8 Å². The van der Waals surface area contributed by atoms with E-state index in [2.05, 4.69) is 13.8 Å². The summed E-state index contributed by atoms with van der Waals surface area (Å²) in [7, 11) is 0. The molecule has 0 saturated carbocycles. The first-order valence-electron chi connectivity index (χ1n) is 22.1. The molecule has 2 unspecified atom stereocenters. The first kappa shape index (κ1) is 49.7. The van der Waals surface area contributed by atoms with Gasteiger partial charge in [0.25, 0.3) is 0 Å². The zero-order valence-electron chi connectivity index (χ0n) is 34.0. The van der Waals surface area contributed by atoms with Crippen molar-refractivity contribution in [2.45, 2.75) is 243 Å². The maximum atomic E-state index is 12.7. The second-order valence-electron chi connectivity index (χ2n) is 15.5. The Bertz CT molecular complexity index is 840. The highest BCUT2D eigenvalue weighted by Crippen LogP contribution is 2.23. The molecule has 0 aliphatic carbocycles. The lowest BCUT2D eigenvalue weighted by Crippen LogP contribution is -2.59. The Kier molecular flexibility index (Phi) is 33.0. The summed E-state index contributed by atoms with van der Waals surface area (Å²) in [4.78, 5) is 25.2. The minimum Gasteiger partial charge on any atom is -0.462 e. The van der Waals surface area contributed by atoms with E-state index in [4.69, 9.17) is 18.9 Å². The van der Waals surface area contributed by atoms with Crippen LogP contribution in [0.1, 0.15) is 206 Å². The van der Waals surface area contributed by atoms with Crippen LogP contribution in [0.3, 0.4) is 0 Å². The van der Waals surface area contributed by atoms with Crippen molar-refractivity contribution in [1.82, 2.24) is 0 Å². The summed E-state index contributed by atoms with van der Waals surface area (Å²) in [6.45, 7) is 3.44. The van der Waals surface area contributed by atoms with Crippen molar-refractivity contribution >= 4 is 11.9 Å². The second kappa shape index (κ2) is 35.1. The van der Waals surface area contributed by atoms with E-state index in [1.807, 2.05) is 0 Å². The van der Waals surface area contributed by atoms with Crippen LogP contribution in [-0.4, -0.2) is 89.0 Å². The largest absolute Gasteiger partial charge is 0.462 e. The van der Waals surface area contributed by atoms with Crippen molar-refractivity contribution in [2.24, 2.45) is 0 Å². The Morgan fingerprint density at radius 3 is 1.28 bits per heavy atom. The molecule has 0 aromatic heterocycles. The zero-order valence-corrected chi connectivity index (χ0v) is 34.0. The van der Waals surface area contributed by atoms with Gasteiger partial charge < -0.3 is 39.4 Å². The summed E-state index contributed by atoms with van der Waals surface area (Å²) in [5, 5.41) is 40.0. The normalized spacial score (nSPS) is 20.8. The first-order valence-corrected chi connectivity index (χ1v) is 22.1. The predicted molar refractivity (Wildman–Crippen MR) is 210 cm³/mol. The number of hydrogen-bond donors (Lipinski definition) is 4. The van der Waals surface area contributed by atoms with E-state index in [0.29, 0.717) is 6.42 Å². The molecule has 10 heteroatoms. The molecule has 0 aromatic rings. The fraction of sp³-hybridized carbons (Fsp3) is 0.953. The fourth-order valence-electron chi connectivity index (χ4n) is 6.95. The Morgan fingerprint density at radius 2 is 0.887 bits per heavy atom. The van der Waals surface area contributed by atoms with Gasteiger partial charge in [0.1, 0.15) is 31.0 Å². The van der Waals surface area contributed by atoms with E-state index in [1.165, 1.54) is 135 Å². The van der Waals surface area contributed by atoms with Crippen LogP contribution in [0.15, 0.2) is 0 Å². The van der Waals surface area contributed by atoms with Gasteiger partial charge in [0, 0.05) is 12.8 Å². The highest BCUT2D eigenvalue weighted by Gasteiger charge is 2.44. The number of aliphatic hydroxyl groups is 4. The summed E-state index contributed by atoms with van der Waals surface area (Å²) >= 11 is 0. The van der Waals surface area contributed by atoms with Crippen molar-refractivity contribution < 1.29 is 49.0 Å². The van der Waals surface area contributed by atoms with E-state index < -0.39 is 49.4 Å². The number of esters is 2. The minimum atomic E-state index is -1.59. The Morgan fingerprint density at radius 1 is 0.509 bits per heavy atom. The molecule has 53 heavy (non-hydrogen) atoms. The van der Waals surface area contributed by atoms with Crippen molar-refractivity contribution in [3.63, 3.8) is 0 Å². The smallest absolute Gasteiger partial charge is 0.306 e. The molecule has 314 valence electrons. The molecule has 4 N–H and O–H groups in total. The number of ether oxygens (including phenoxy) is 4. The molecule has 0 spiro atoms. The molecule has 0 bridgehead atoms. The van der Waals surface area contributed by atoms with Crippen LogP contribution in [-0.2, 0) is 28.5 Å². The zero-order chi connectivity index (χ0) is 38.8. The number of hydrogen-bond acceptors (Lipinski definition) is 10. The number of carbonyl (C=O) groups excluding carboxylic acids is 2. The van der Waals surface area contributed by atoms with Gasteiger partial charge in [0.15, 0.2) is 12.4 Å². The maximum absolute atomic E-state index is 12.7. The molecule has 10 nitrogen and oxygen atoms in total. The molecule has 0 amide bonds. The molecular formula is C43H82O10. The van der Waals surface area contributed by atoms with Crippen molar-refractivity contribution in [2.75, 3.05) is 19.8 Å². The molecular weight excluding hydrogens is 676 g/mol. The Balaban J connectivity index is 2.31. The average Bonchev–Trinajstić information content (AvgIpc) is 3.15. The molecule has 1 aliphatic heterocycles. The third-order valence-corrected chi connectivity index (χ3v) is 10.5. The van der Waals surface area contributed by atoms with Crippen LogP contribution >= 0.6 is 0 Å². The SMILES string of the molecule is CCCCCCCCCCCCCCCCCCCC(=O)O[C@H](COC(=O)CCCCCCCCCCCCC)CO[C@@H]1O[C@H](CO)[C@H](O)C(O)C1O. The van der Waals surface area contributed by atoms with Gasteiger partial charge in [-0.15, -0.1) is 0 Å². The van der Waals surface area contributed by atoms with E-state index in [1.54, 1.807) is 0 Å². The molecule has 1 heterocycles. The average molecular weight is 759 g/mol. The fourth-order valence-corrected chi connectivity index (χ4v) is 6.95. The van der Waals surface area contributed by atoms with E-state index >= 15 is 0 Å². The van der Waals surface area contributed by atoms with Gasteiger partial charge in [0.05, 0.1) is 13.2 Å². The second-order valence-corrected chi connectivity index (χ2v) is 15.5. The van der Waals surface area contributed by atoms with Gasteiger partial charge in [0.2, 0.25) is 0 Å². The van der Waals surface area contributed by atoms with Gasteiger partial charge >= 0.3 is 11.9 Å². The number of carbonyl (C=O) groups is 2. The number of aliphatic hydroxyl groups excluding tert-OH is 4. The third-order valence-electron chi connectivity index (χ3n) is 10.5. The number of rotatable bonds is 37. The first-order chi connectivity index (χ1) is 25.8. The highest BCUT2D eigenvalue weighted by atomic mass is 16.7. The lowest BCUT2D eigenvalue weighted by atomic mass is 9.99. The molecule has 1 aliphatic rings. The molecule has 0 radical (unpaired) electrons. The summed E-state index contributed by atoms with van der Waals surface area (Å²) in [6, 6.07) is 0. The van der Waals surface area contributed by atoms with Gasteiger partial charge in [-0.2, -0.15) is 0 Å². The lowest BCUT2D eigenvalue weighted by Gasteiger charge is -2.39. The minimum absolute atomic E-state index is 0.209. The Hall–Kier alpha value is -1.30. The van der Waals surface area contributed by atoms with Crippen molar-refractivity contribution in [3.8, 4) is 0 Å². The summed E-state index contributed by atoms with van der Waals surface area (Å²) in [5.41, 5.74) is 0. The summed E-state index contributed by atoms with van der Waals surface area (Å²) < 4.78 is 22.1. The van der Waals surface area contributed by atoms with Crippen LogP contribution in [0, 0.1) is 0 Å². The summed E-state index contributed by atoms with van der Waals surface area (Å²) in [5.74, 6) is -0.794. The van der Waals surface area contributed by atoms with Crippen LogP contribution < -0.4 is 0 Å². The quantitative estimate of drug-likeness (QED) is 0.0357. The van der Waals surface area contributed by atoms with Gasteiger partial charge in [-0.1, -0.05) is 181 Å². The maximum Gasteiger partial charge on any atom is 0.306 e. The molecule has 1 fully saturated rings. The summed E-state index contributed by atoms with van der Waals surface area (Å²) in [6.07, 6.45) is 26.8. The van der Waals surface area contributed by atoms with Gasteiger partial charge in [-0.25, -0.2) is 0 Å². The van der Waals surface area contributed by atoms with E-state index in [0.717, 1.165) is 38.5 Å². The van der Waals surface area contributed by atoms with Crippen molar-refractivity contribution in [1.29, 1.82) is 0 Å². The monoisotopic (exact) mass is 759 g/mol. The van der Waals surface area contributed by atoms with Gasteiger partial charge in [-0.3, -0.25) is 9.59 Å². The molecule has 1 saturated heterocycles. The van der Waals surface area contributed by atoms with Crippen molar-refractivity contribution in [3.05, 3.63) is 0 Å².